The highest BCUT2D eigenvalue weighted by Crippen LogP contribution is 2.35. The van der Waals surface area contributed by atoms with E-state index in [1.54, 1.807) is 12.1 Å². The number of carbonyl (C=O) groups excluding carboxylic acids is 1. The van der Waals surface area contributed by atoms with Gasteiger partial charge in [-0.1, -0.05) is 55.8 Å². The van der Waals surface area contributed by atoms with Crippen molar-refractivity contribution in [2.45, 2.75) is 39.0 Å². The average molecular weight is 397 g/mol. The zero-order chi connectivity index (χ0) is 15.7. The number of carbonyl (C=O) groups is 1. The molecule has 1 rings (SSSR count). The van der Waals surface area contributed by atoms with Crippen LogP contribution in [0.15, 0.2) is 16.6 Å². The second kappa shape index (κ2) is 10.3. The van der Waals surface area contributed by atoms with Gasteiger partial charge in [-0.25, -0.2) is 0 Å². The lowest BCUT2D eigenvalue weighted by Crippen LogP contribution is -2.29. The molecular formula is C15H20BrCl2NO2. The molecule has 1 aromatic rings. The van der Waals surface area contributed by atoms with Crippen LogP contribution in [-0.4, -0.2) is 19.1 Å². The largest absolute Gasteiger partial charge is 0.481 e. The average Bonchev–Trinajstić information content (AvgIpc) is 2.41. The maximum atomic E-state index is 11.7. The first kappa shape index (κ1) is 18.6. The Morgan fingerprint density at radius 1 is 1.24 bits per heavy atom. The molecule has 0 aliphatic carbocycles. The van der Waals surface area contributed by atoms with Gasteiger partial charge in [0.15, 0.2) is 12.4 Å². The van der Waals surface area contributed by atoms with E-state index in [1.165, 1.54) is 19.3 Å². The van der Waals surface area contributed by atoms with Crippen molar-refractivity contribution in [2.75, 3.05) is 13.2 Å². The van der Waals surface area contributed by atoms with Gasteiger partial charge in [-0.3, -0.25) is 4.79 Å². The first-order valence-corrected chi connectivity index (χ1v) is 8.63. The quantitative estimate of drug-likeness (QED) is 0.581. The number of benzene rings is 1. The zero-order valence-corrected chi connectivity index (χ0v) is 15.2. The Morgan fingerprint density at radius 2 is 1.95 bits per heavy atom. The highest BCUT2D eigenvalue weighted by molar-refractivity contribution is 9.10. The number of amides is 1. The molecule has 0 atom stereocenters. The molecule has 0 saturated carbocycles. The van der Waals surface area contributed by atoms with Crippen molar-refractivity contribution in [3.05, 3.63) is 26.7 Å². The highest BCUT2D eigenvalue weighted by Gasteiger charge is 2.10. The molecule has 0 bridgehead atoms. The summed E-state index contributed by atoms with van der Waals surface area (Å²) >= 11 is 15.2. The van der Waals surface area contributed by atoms with Crippen molar-refractivity contribution in [2.24, 2.45) is 0 Å². The summed E-state index contributed by atoms with van der Waals surface area (Å²) in [6.45, 7) is 2.80. The lowest BCUT2D eigenvalue weighted by molar-refractivity contribution is -0.123. The van der Waals surface area contributed by atoms with Crippen LogP contribution in [0.5, 0.6) is 5.75 Å². The second-order valence-electron chi connectivity index (χ2n) is 4.75. The van der Waals surface area contributed by atoms with E-state index in [-0.39, 0.29) is 12.5 Å². The Labute approximate surface area is 144 Å². The van der Waals surface area contributed by atoms with Crippen molar-refractivity contribution >= 4 is 45.0 Å². The molecule has 1 aromatic carbocycles. The van der Waals surface area contributed by atoms with E-state index >= 15 is 0 Å². The third kappa shape index (κ3) is 7.39. The predicted octanol–water partition coefficient (Wildman–Crippen LogP) is 5.22. The minimum Gasteiger partial charge on any atom is -0.481 e. The number of ether oxygens (including phenoxy) is 1. The number of hydrogen-bond acceptors (Lipinski definition) is 2. The maximum absolute atomic E-state index is 11.7. The molecule has 0 aromatic heterocycles. The first-order chi connectivity index (χ1) is 10.0. The van der Waals surface area contributed by atoms with E-state index in [4.69, 9.17) is 27.9 Å². The van der Waals surface area contributed by atoms with E-state index in [0.29, 0.717) is 26.8 Å². The maximum Gasteiger partial charge on any atom is 0.257 e. The Bertz CT molecular complexity index is 446. The van der Waals surface area contributed by atoms with Gasteiger partial charge in [0, 0.05) is 11.6 Å². The van der Waals surface area contributed by atoms with E-state index < -0.39 is 0 Å². The lowest BCUT2D eigenvalue weighted by atomic mass is 10.1. The fourth-order valence-electron chi connectivity index (χ4n) is 1.81. The summed E-state index contributed by atoms with van der Waals surface area (Å²) in [5.74, 6) is 0.280. The van der Waals surface area contributed by atoms with Gasteiger partial charge in [0.2, 0.25) is 0 Å². The molecule has 21 heavy (non-hydrogen) atoms. The third-order valence-corrected chi connectivity index (χ3v) is 4.00. The molecule has 0 heterocycles. The number of rotatable bonds is 9. The predicted molar refractivity (Wildman–Crippen MR) is 91.4 cm³/mol. The number of nitrogens with one attached hydrogen (secondary N) is 1. The fraction of sp³-hybridized carbons (Fsp3) is 0.533. The Kier molecular flexibility index (Phi) is 9.13. The molecule has 6 heteroatoms. The molecule has 0 unspecified atom stereocenters. The minimum absolute atomic E-state index is 0.0606. The molecule has 0 fully saturated rings. The van der Waals surface area contributed by atoms with Crippen molar-refractivity contribution in [3.8, 4) is 5.75 Å². The Balaban J connectivity index is 2.27. The molecule has 1 N–H and O–H groups in total. The molecular weight excluding hydrogens is 377 g/mol. The third-order valence-electron chi connectivity index (χ3n) is 2.91. The van der Waals surface area contributed by atoms with Gasteiger partial charge in [-0.2, -0.15) is 0 Å². The molecule has 0 aliphatic heterocycles. The van der Waals surface area contributed by atoms with Crippen LogP contribution in [0.4, 0.5) is 0 Å². The topological polar surface area (TPSA) is 38.3 Å². The second-order valence-corrected chi connectivity index (χ2v) is 6.45. The van der Waals surface area contributed by atoms with Crippen molar-refractivity contribution in [3.63, 3.8) is 0 Å². The monoisotopic (exact) mass is 395 g/mol. The Morgan fingerprint density at radius 3 is 2.62 bits per heavy atom. The molecule has 0 spiro atoms. The molecule has 0 aliphatic rings. The van der Waals surface area contributed by atoms with Gasteiger partial charge in [0.05, 0.1) is 9.50 Å². The minimum atomic E-state index is -0.150. The van der Waals surface area contributed by atoms with Gasteiger partial charge in [0.25, 0.3) is 5.91 Å². The number of halogens is 3. The van der Waals surface area contributed by atoms with Crippen LogP contribution in [0.2, 0.25) is 10.0 Å². The number of unbranched alkanes of at least 4 members (excludes halogenated alkanes) is 4. The first-order valence-electron chi connectivity index (χ1n) is 7.08. The van der Waals surface area contributed by atoms with E-state index in [0.717, 1.165) is 12.8 Å². The fourth-order valence-corrected chi connectivity index (χ4v) is 3.18. The molecule has 118 valence electrons. The zero-order valence-electron chi connectivity index (χ0n) is 12.1. The lowest BCUT2D eigenvalue weighted by Gasteiger charge is -2.10. The smallest absolute Gasteiger partial charge is 0.257 e. The van der Waals surface area contributed by atoms with E-state index in [2.05, 4.69) is 28.2 Å². The summed E-state index contributed by atoms with van der Waals surface area (Å²) in [4.78, 5) is 11.7. The molecule has 0 radical (unpaired) electrons. The van der Waals surface area contributed by atoms with Gasteiger partial charge in [-0.05, 0) is 34.5 Å². The van der Waals surface area contributed by atoms with Gasteiger partial charge in [0.1, 0.15) is 0 Å². The van der Waals surface area contributed by atoms with Gasteiger partial charge < -0.3 is 10.1 Å². The van der Waals surface area contributed by atoms with Crippen molar-refractivity contribution in [1.82, 2.24) is 5.32 Å². The summed E-state index contributed by atoms with van der Waals surface area (Å²) in [5, 5.41) is 3.72. The van der Waals surface area contributed by atoms with Crippen LogP contribution < -0.4 is 10.1 Å². The SMILES string of the molecule is CCCCCCCNC(=O)COc1c(Cl)cc(Cl)cc1Br. The molecule has 1 amide bonds. The summed E-state index contributed by atoms with van der Waals surface area (Å²) < 4.78 is 6.06. The van der Waals surface area contributed by atoms with E-state index in [9.17, 15) is 4.79 Å². The summed E-state index contributed by atoms with van der Waals surface area (Å²) in [5.41, 5.74) is 0. The molecule has 3 nitrogen and oxygen atoms in total. The van der Waals surface area contributed by atoms with Gasteiger partial charge in [-0.15, -0.1) is 0 Å². The van der Waals surface area contributed by atoms with Crippen LogP contribution in [0, 0.1) is 0 Å². The standard InChI is InChI=1S/C15H20BrCl2NO2/c1-2-3-4-5-6-7-19-14(20)10-21-15-12(16)8-11(17)9-13(15)18/h8-9H,2-7,10H2,1H3,(H,19,20). The van der Waals surface area contributed by atoms with Crippen LogP contribution in [-0.2, 0) is 4.79 Å². The molecule has 0 saturated heterocycles. The summed E-state index contributed by atoms with van der Waals surface area (Å²) in [6.07, 6.45) is 5.83. The summed E-state index contributed by atoms with van der Waals surface area (Å²) in [6, 6.07) is 3.25. The summed E-state index contributed by atoms with van der Waals surface area (Å²) in [7, 11) is 0. The van der Waals surface area contributed by atoms with Crippen LogP contribution >= 0.6 is 39.1 Å². The van der Waals surface area contributed by atoms with Crippen molar-refractivity contribution < 1.29 is 9.53 Å². The number of hydrogen-bond donors (Lipinski definition) is 1. The van der Waals surface area contributed by atoms with Crippen LogP contribution in [0.25, 0.3) is 0 Å². The van der Waals surface area contributed by atoms with Crippen LogP contribution in [0.1, 0.15) is 39.0 Å². The normalized spacial score (nSPS) is 10.5. The van der Waals surface area contributed by atoms with E-state index in [1.807, 2.05) is 0 Å². The van der Waals surface area contributed by atoms with Crippen LogP contribution in [0.3, 0.4) is 0 Å². The Hall–Kier alpha value is -0.450. The van der Waals surface area contributed by atoms with Crippen molar-refractivity contribution in [1.29, 1.82) is 0 Å². The highest BCUT2D eigenvalue weighted by atomic mass is 79.9. The van der Waals surface area contributed by atoms with Gasteiger partial charge >= 0.3 is 0 Å².